The largest absolute Gasteiger partial charge is 0.342 e. The van der Waals surface area contributed by atoms with Crippen molar-refractivity contribution in [3.05, 3.63) is 59.7 Å². The number of nitrogens with zero attached hydrogens (tertiary/aromatic N) is 5. The van der Waals surface area contributed by atoms with Gasteiger partial charge in [0.05, 0.1) is 18.7 Å². The number of fused-ring (bicyclic) bond motifs is 1. The lowest BCUT2D eigenvalue weighted by molar-refractivity contribution is -0.129. The number of benzene rings is 1. The second-order valence-corrected chi connectivity index (χ2v) is 7.91. The Hall–Kier alpha value is -2.80. The quantitative estimate of drug-likeness (QED) is 0.644. The van der Waals surface area contributed by atoms with Gasteiger partial charge in [-0.1, -0.05) is 12.1 Å². The van der Waals surface area contributed by atoms with Crippen molar-refractivity contribution in [1.29, 1.82) is 0 Å². The Bertz CT molecular complexity index is 998. The van der Waals surface area contributed by atoms with Gasteiger partial charge in [0.2, 0.25) is 5.91 Å². The highest BCUT2D eigenvalue weighted by Gasteiger charge is 2.30. The summed E-state index contributed by atoms with van der Waals surface area (Å²) in [5.74, 6) is 0.000768. The monoisotopic (exact) mass is 395 g/mol. The van der Waals surface area contributed by atoms with E-state index in [1.165, 1.54) is 12.1 Å². The number of carbonyl (C=O) groups is 1. The number of aromatic nitrogens is 3. The lowest BCUT2D eigenvalue weighted by Crippen LogP contribution is -2.30. The van der Waals surface area contributed by atoms with Crippen LogP contribution in [0.2, 0.25) is 0 Å². The first-order chi connectivity index (χ1) is 14.0. The maximum Gasteiger partial charge on any atom is 0.227 e. The van der Waals surface area contributed by atoms with Gasteiger partial charge in [0.25, 0.3) is 0 Å². The van der Waals surface area contributed by atoms with E-state index in [0.717, 1.165) is 48.3 Å². The second kappa shape index (κ2) is 8.29. The average Bonchev–Trinajstić information content (AvgIpc) is 3.33. The molecule has 0 aliphatic carbocycles. The Morgan fingerprint density at radius 3 is 2.79 bits per heavy atom. The minimum absolute atomic E-state index is 0.0774. The summed E-state index contributed by atoms with van der Waals surface area (Å²) in [5.41, 5.74) is 2.77. The van der Waals surface area contributed by atoms with Crippen molar-refractivity contribution in [3.8, 4) is 0 Å². The normalized spacial score (nSPS) is 16.8. The Morgan fingerprint density at radius 2 is 2.03 bits per heavy atom. The van der Waals surface area contributed by atoms with Crippen molar-refractivity contribution in [2.45, 2.75) is 25.3 Å². The third-order valence-electron chi connectivity index (χ3n) is 5.49. The van der Waals surface area contributed by atoms with Crippen LogP contribution in [-0.2, 0) is 17.8 Å². The van der Waals surface area contributed by atoms with Crippen LogP contribution in [0.5, 0.6) is 0 Å². The van der Waals surface area contributed by atoms with Crippen molar-refractivity contribution < 1.29 is 9.18 Å². The topological polar surface area (TPSA) is 54.3 Å². The molecular weight excluding hydrogens is 369 g/mol. The molecule has 2 aromatic heterocycles. The summed E-state index contributed by atoms with van der Waals surface area (Å²) >= 11 is 0. The van der Waals surface area contributed by atoms with Crippen LogP contribution >= 0.6 is 0 Å². The van der Waals surface area contributed by atoms with Crippen LogP contribution in [0.3, 0.4) is 0 Å². The van der Waals surface area contributed by atoms with Gasteiger partial charge in [-0.05, 0) is 50.3 Å². The molecule has 1 atom stereocenters. The zero-order valence-corrected chi connectivity index (χ0v) is 16.9. The molecule has 1 fully saturated rings. The summed E-state index contributed by atoms with van der Waals surface area (Å²) in [5, 5.41) is 5.95. The third-order valence-corrected chi connectivity index (χ3v) is 5.49. The average molecular weight is 395 g/mol. The molecule has 0 N–H and O–H groups in total. The molecule has 0 spiro atoms. The van der Waals surface area contributed by atoms with Crippen LogP contribution in [-0.4, -0.2) is 64.2 Å². The fourth-order valence-corrected chi connectivity index (χ4v) is 3.88. The predicted molar refractivity (Wildman–Crippen MR) is 110 cm³/mol. The summed E-state index contributed by atoms with van der Waals surface area (Å²) in [6, 6.07) is 10.2. The van der Waals surface area contributed by atoms with Gasteiger partial charge in [0.15, 0.2) is 5.65 Å². The van der Waals surface area contributed by atoms with Crippen LogP contribution in [0.4, 0.5) is 4.39 Å². The highest BCUT2D eigenvalue weighted by molar-refractivity contribution is 5.81. The van der Waals surface area contributed by atoms with E-state index in [4.69, 9.17) is 5.10 Å². The zero-order valence-electron chi connectivity index (χ0n) is 16.9. The molecule has 152 valence electrons. The molecule has 3 aromatic rings. The van der Waals surface area contributed by atoms with E-state index < -0.39 is 0 Å². The third kappa shape index (κ3) is 4.29. The van der Waals surface area contributed by atoms with Gasteiger partial charge < -0.3 is 9.80 Å². The lowest BCUT2D eigenvalue weighted by Gasteiger charge is -2.16. The number of amides is 1. The van der Waals surface area contributed by atoms with Crippen LogP contribution in [0.25, 0.3) is 11.0 Å². The van der Waals surface area contributed by atoms with Crippen molar-refractivity contribution in [2.75, 3.05) is 33.7 Å². The standard InChI is InChI=1S/C22H26FN5O/c1-26(2)12-13-28-22-19(4-3-10-24-22)21(25-28)17-9-11-27(15-17)20(29)14-16-5-7-18(23)8-6-16/h3-8,10,17H,9,11-15H2,1-2H3. The van der Waals surface area contributed by atoms with Crippen LogP contribution < -0.4 is 0 Å². The van der Waals surface area contributed by atoms with Gasteiger partial charge in [0, 0.05) is 37.1 Å². The summed E-state index contributed by atoms with van der Waals surface area (Å²) in [4.78, 5) is 21.3. The van der Waals surface area contributed by atoms with Gasteiger partial charge >= 0.3 is 0 Å². The summed E-state index contributed by atoms with van der Waals surface area (Å²) < 4.78 is 15.1. The molecule has 4 rings (SSSR count). The molecule has 1 unspecified atom stereocenters. The molecule has 7 heteroatoms. The molecule has 0 bridgehead atoms. The number of hydrogen-bond donors (Lipinski definition) is 0. The number of likely N-dealkylation sites (N-methyl/N-ethyl adjacent to an activating group) is 1. The molecular formula is C22H26FN5O. The van der Waals surface area contributed by atoms with Gasteiger partial charge in [-0.3, -0.25) is 4.79 Å². The van der Waals surface area contributed by atoms with Gasteiger partial charge in [-0.2, -0.15) is 5.10 Å². The van der Waals surface area contributed by atoms with E-state index in [-0.39, 0.29) is 17.6 Å². The van der Waals surface area contributed by atoms with Crippen molar-refractivity contribution in [3.63, 3.8) is 0 Å². The number of hydrogen-bond acceptors (Lipinski definition) is 4. The van der Waals surface area contributed by atoms with Gasteiger partial charge in [-0.15, -0.1) is 0 Å². The van der Waals surface area contributed by atoms with Gasteiger partial charge in [-0.25, -0.2) is 14.1 Å². The highest BCUT2D eigenvalue weighted by Crippen LogP contribution is 2.31. The van der Waals surface area contributed by atoms with E-state index in [9.17, 15) is 9.18 Å². The predicted octanol–water partition coefficient (Wildman–Crippen LogP) is 2.69. The maximum absolute atomic E-state index is 13.1. The summed E-state index contributed by atoms with van der Waals surface area (Å²) in [6.45, 7) is 3.05. The first-order valence-electron chi connectivity index (χ1n) is 9.99. The molecule has 0 radical (unpaired) electrons. The number of rotatable bonds is 6. The molecule has 1 aliphatic heterocycles. The number of pyridine rings is 1. The fraction of sp³-hybridized carbons (Fsp3) is 0.409. The van der Waals surface area contributed by atoms with E-state index in [0.29, 0.717) is 13.0 Å². The molecule has 3 heterocycles. The van der Waals surface area contributed by atoms with Crippen molar-refractivity contribution in [1.82, 2.24) is 24.6 Å². The van der Waals surface area contributed by atoms with Crippen LogP contribution in [0.1, 0.15) is 23.6 Å². The first-order valence-corrected chi connectivity index (χ1v) is 9.99. The number of carbonyl (C=O) groups excluding carboxylic acids is 1. The van der Waals surface area contributed by atoms with E-state index in [1.807, 2.05) is 29.7 Å². The SMILES string of the molecule is CN(C)CCn1nc(C2CCN(C(=O)Cc3ccc(F)cc3)C2)c2cccnc21. The smallest absolute Gasteiger partial charge is 0.227 e. The van der Waals surface area contributed by atoms with E-state index >= 15 is 0 Å². The highest BCUT2D eigenvalue weighted by atomic mass is 19.1. The minimum atomic E-state index is -0.284. The lowest BCUT2D eigenvalue weighted by atomic mass is 10.0. The Morgan fingerprint density at radius 1 is 1.24 bits per heavy atom. The zero-order chi connectivity index (χ0) is 20.4. The van der Waals surface area contributed by atoms with E-state index in [1.54, 1.807) is 18.3 Å². The minimum Gasteiger partial charge on any atom is -0.342 e. The maximum atomic E-state index is 13.1. The van der Waals surface area contributed by atoms with E-state index in [2.05, 4.69) is 16.0 Å². The van der Waals surface area contributed by atoms with Crippen LogP contribution in [0, 0.1) is 5.82 Å². The fourth-order valence-electron chi connectivity index (χ4n) is 3.88. The number of halogens is 1. The van der Waals surface area contributed by atoms with Gasteiger partial charge in [0.1, 0.15) is 5.82 Å². The Balaban J connectivity index is 1.49. The van der Waals surface area contributed by atoms with Crippen LogP contribution in [0.15, 0.2) is 42.6 Å². The summed E-state index contributed by atoms with van der Waals surface area (Å²) in [7, 11) is 4.09. The molecule has 6 nitrogen and oxygen atoms in total. The molecule has 1 aliphatic rings. The first kappa shape index (κ1) is 19.5. The summed E-state index contributed by atoms with van der Waals surface area (Å²) in [6.07, 6.45) is 2.99. The molecule has 1 saturated heterocycles. The van der Waals surface area contributed by atoms with Crippen molar-refractivity contribution in [2.24, 2.45) is 0 Å². The van der Waals surface area contributed by atoms with Crippen molar-refractivity contribution >= 4 is 16.9 Å². The molecule has 1 amide bonds. The molecule has 0 saturated carbocycles. The molecule has 1 aromatic carbocycles. The second-order valence-electron chi connectivity index (χ2n) is 7.91. The Kier molecular flexibility index (Phi) is 5.58. The molecule has 29 heavy (non-hydrogen) atoms. The Labute approximate surface area is 169 Å². The number of likely N-dealkylation sites (tertiary alicyclic amines) is 1.